The van der Waals surface area contributed by atoms with E-state index in [4.69, 9.17) is 0 Å². The zero-order chi connectivity index (χ0) is 13.3. The van der Waals surface area contributed by atoms with Gasteiger partial charge in [0, 0.05) is 25.2 Å². The highest BCUT2D eigenvalue weighted by atomic mass is 15.2. The molecule has 0 aromatic rings. The Balaban J connectivity index is 1.91. The van der Waals surface area contributed by atoms with Gasteiger partial charge in [-0.25, -0.2) is 0 Å². The molecule has 0 aromatic heterocycles. The van der Waals surface area contributed by atoms with Crippen LogP contribution in [0.25, 0.3) is 0 Å². The quantitative estimate of drug-likeness (QED) is 0.822. The summed E-state index contributed by atoms with van der Waals surface area (Å²) >= 11 is 0. The van der Waals surface area contributed by atoms with E-state index in [2.05, 4.69) is 50.1 Å². The molecule has 3 unspecified atom stereocenters. The molecule has 0 bridgehead atoms. The van der Waals surface area contributed by atoms with Crippen molar-refractivity contribution in [2.24, 2.45) is 11.3 Å². The smallest absolute Gasteiger partial charge is 0.0271 e. The molecule has 3 heteroatoms. The highest BCUT2D eigenvalue weighted by Gasteiger charge is 2.43. The zero-order valence-corrected chi connectivity index (χ0v) is 12.9. The van der Waals surface area contributed by atoms with Crippen LogP contribution in [0.4, 0.5) is 0 Å². The summed E-state index contributed by atoms with van der Waals surface area (Å²) in [4.78, 5) is 5.09. The molecule has 1 N–H and O–H groups in total. The summed E-state index contributed by atoms with van der Waals surface area (Å²) in [6.07, 6.45) is 4.07. The highest BCUT2D eigenvalue weighted by molar-refractivity contribution is 5.00. The van der Waals surface area contributed by atoms with Crippen LogP contribution in [0.2, 0.25) is 0 Å². The Morgan fingerprint density at radius 2 is 2.06 bits per heavy atom. The summed E-state index contributed by atoms with van der Waals surface area (Å²) in [6, 6.07) is 1.36. The zero-order valence-electron chi connectivity index (χ0n) is 12.9. The van der Waals surface area contributed by atoms with Gasteiger partial charge in [-0.1, -0.05) is 13.8 Å². The molecule has 3 nitrogen and oxygen atoms in total. The molecular weight excluding hydrogens is 222 g/mol. The molecule has 0 amide bonds. The summed E-state index contributed by atoms with van der Waals surface area (Å²) in [5, 5.41) is 3.57. The van der Waals surface area contributed by atoms with Gasteiger partial charge in [-0.3, -0.25) is 0 Å². The van der Waals surface area contributed by atoms with Gasteiger partial charge in [0.2, 0.25) is 0 Å². The largest absolute Gasteiger partial charge is 0.315 e. The van der Waals surface area contributed by atoms with E-state index in [0.29, 0.717) is 11.5 Å². The Kier molecular flexibility index (Phi) is 4.35. The Morgan fingerprint density at radius 1 is 1.33 bits per heavy atom. The van der Waals surface area contributed by atoms with Crippen LogP contribution < -0.4 is 5.32 Å². The fraction of sp³-hybridized carbons (Fsp3) is 1.00. The molecule has 0 spiro atoms. The number of nitrogens with zero attached hydrogens (tertiary/aromatic N) is 2. The number of hydrogen-bond acceptors (Lipinski definition) is 3. The molecule has 0 aromatic carbocycles. The monoisotopic (exact) mass is 253 g/mol. The van der Waals surface area contributed by atoms with Crippen LogP contribution in [-0.4, -0.2) is 62.7 Å². The molecule has 2 rings (SSSR count). The first-order valence-electron chi connectivity index (χ1n) is 7.50. The normalized spacial score (nSPS) is 36.7. The maximum Gasteiger partial charge on any atom is 0.0271 e. The van der Waals surface area contributed by atoms with Gasteiger partial charge in [-0.2, -0.15) is 0 Å². The Labute approximate surface area is 113 Å². The minimum absolute atomic E-state index is 0.445. The van der Waals surface area contributed by atoms with E-state index in [9.17, 15) is 0 Å². The minimum Gasteiger partial charge on any atom is -0.315 e. The van der Waals surface area contributed by atoms with Gasteiger partial charge >= 0.3 is 0 Å². The molecule has 18 heavy (non-hydrogen) atoms. The van der Waals surface area contributed by atoms with E-state index in [1.54, 1.807) is 0 Å². The van der Waals surface area contributed by atoms with E-state index in [1.165, 1.54) is 38.9 Å². The maximum absolute atomic E-state index is 3.57. The summed E-state index contributed by atoms with van der Waals surface area (Å²) in [5.41, 5.74) is 0.445. The van der Waals surface area contributed by atoms with Crippen molar-refractivity contribution in [2.75, 3.05) is 40.8 Å². The molecule has 1 aliphatic heterocycles. The number of rotatable bonds is 4. The molecule has 1 heterocycles. The minimum atomic E-state index is 0.445. The van der Waals surface area contributed by atoms with Crippen LogP contribution in [0, 0.1) is 11.3 Å². The second-order valence-electron chi connectivity index (χ2n) is 7.22. The predicted molar refractivity (Wildman–Crippen MR) is 77.9 cm³/mol. The molecule has 3 atom stereocenters. The molecule has 0 radical (unpaired) electrons. The number of likely N-dealkylation sites (N-methyl/N-ethyl adjacent to an activating group) is 2. The first-order valence-corrected chi connectivity index (χ1v) is 7.50. The Morgan fingerprint density at radius 3 is 2.61 bits per heavy atom. The van der Waals surface area contributed by atoms with Crippen molar-refractivity contribution < 1.29 is 0 Å². The van der Waals surface area contributed by atoms with Crippen LogP contribution in [0.15, 0.2) is 0 Å². The molecular formula is C15H31N3. The van der Waals surface area contributed by atoms with Crippen molar-refractivity contribution >= 4 is 0 Å². The average Bonchev–Trinajstić information content (AvgIpc) is 2.81. The third kappa shape index (κ3) is 2.89. The second kappa shape index (κ2) is 5.48. The summed E-state index contributed by atoms with van der Waals surface area (Å²) < 4.78 is 0. The molecule has 106 valence electrons. The first kappa shape index (κ1) is 14.3. The summed E-state index contributed by atoms with van der Waals surface area (Å²) in [6.45, 7) is 8.65. The van der Waals surface area contributed by atoms with Crippen LogP contribution in [0.3, 0.4) is 0 Å². The number of nitrogens with one attached hydrogen (secondary N) is 1. The van der Waals surface area contributed by atoms with Crippen molar-refractivity contribution in [3.63, 3.8) is 0 Å². The van der Waals surface area contributed by atoms with E-state index in [-0.39, 0.29) is 0 Å². The van der Waals surface area contributed by atoms with Crippen molar-refractivity contribution in [2.45, 2.75) is 45.2 Å². The van der Waals surface area contributed by atoms with Crippen LogP contribution >= 0.6 is 0 Å². The van der Waals surface area contributed by atoms with Gasteiger partial charge < -0.3 is 15.1 Å². The van der Waals surface area contributed by atoms with Gasteiger partial charge in [0.25, 0.3) is 0 Å². The molecule has 1 aliphatic carbocycles. The van der Waals surface area contributed by atoms with Gasteiger partial charge in [0.15, 0.2) is 0 Å². The maximum atomic E-state index is 3.57. The lowest BCUT2D eigenvalue weighted by Crippen LogP contribution is -2.50. The highest BCUT2D eigenvalue weighted by Crippen LogP contribution is 2.39. The van der Waals surface area contributed by atoms with Gasteiger partial charge in [0.1, 0.15) is 0 Å². The van der Waals surface area contributed by atoms with Crippen molar-refractivity contribution in [1.82, 2.24) is 15.1 Å². The molecule has 2 fully saturated rings. The first-order chi connectivity index (χ1) is 8.44. The van der Waals surface area contributed by atoms with Crippen LogP contribution in [0.5, 0.6) is 0 Å². The lowest BCUT2D eigenvalue weighted by molar-refractivity contribution is 0.158. The predicted octanol–water partition coefficient (Wildman–Crippen LogP) is 1.65. The SMILES string of the molecule is CNC1C(N(C)CC2CCN(C)C2)CCC1(C)C. The average molecular weight is 253 g/mol. The third-order valence-corrected chi connectivity index (χ3v) is 5.22. The van der Waals surface area contributed by atoms with E-state index in [0.717, 1.165) is 12.0 Å². The van der Waals surface area contributed by atoms with Gasteiger partial charge in [-0.05, 0) is 58.3 Å². The van der Waals surface area contributed by atoms with E-state index in [1.807, 2.05) is 0 Å². The van der Waals surface area contributed by atoms with Crippen molar-refractivity contribution in [3.05, 3.63) is 0 Å². The Hall–Kier alpha value is -0.120. The fourth-order valence-corrected chi connectivity index (χ4v) is 4.14. The third-order valence-electron chi connectivity index (χ3n) is 5.22. The molecule has 1 saturated carbocycles. The lowest BCUT2D eigenvalue weighted by atomic mass is 9.86. The number of hydrogen-bond donors (Lipinski definition) is 1. The lowest BCUT2D eigenvalue weighted by Gasteiger charge is -2.36. The fourth-order valence-electron chi connectivity index (χ4n) is 4.14. The van der Waals surface area contributed by atoms with E-state index >= 15 is 0 Å². The summed E-state index contributed by atoms with van der Waals surface area (Å²) in [5.74, 6) is 0.876. The molecule has 2 aliphatic rings. The Bertz CT molecular complexity index is 277. The van der Waals surface area contributed by atoms with Crippen LogP contribution in [0.1, 0.15) is 33.1 Å². The summed E-state index contributed by atoms with van der Waals surface area (Å²) in [7, 11) is 6.70. The molecule has 1 saturated heterocycles. The number of likely N-dealkylation sites (tertiary alicyclic amines) is 1. The van der Waals surface area contributed by atoms with Gasteiger partial charge in [0.05, 0.1) is 0 Å². The van der Waals surface area contributed by atoms with Crippen molar-refractivity contribution in [1.29, 1.82) is 0 Å². The van der Waals surface area contributed by atoms with Crippen LogP contribution in [-0.2, 0) is 0 Å². The van der Waals surface area contributed by atoms with Gasteiger partial charge in [-0.15, -0.1) is 0 Å². The van der Waals surface area contributed by atoms with Crippen molar-refractivity contribution in [3.8, 4) is 0 Å². The topological polar surface area (TPSA) is 18.5 Å². The standard InChI is InChI=1S/C15H31N3/c1-15(2)8-6-13(14(15)16-3)18(5)11-12-7-9-17(4)10-12/h12-14,16H,6-11H2,1-5H3. The van der Waals surface area contributed by atoms with E-state index < -0.39 is 0 Å². The second-order valence-corrected chi connectivity index (χ2v) is 7.22.